The third kappa shape index (κ3) is 5.39. The maximum absolute atomic E-state index is 13.4. The molecule has 10 heteroatoms. The number of ether oxygens (including phenoxy) is 2. The Morgan fingerprint density at radius 1 is 1.11 bits per heavy atom. The number of aryl methyl sites for hydroxylation is 1. The molecular formula is C27H24N2O7S. The lowest BCUT2D eigenvalue weighted by Crippen LogP contribution is -2.54. The van der Waals surface area contributed by atoms with Gasteiger partial charge >= 0.3 is 5.97 Å². The molecule has 0 saturated carbocycles. The second-order valence-corrected chi connectivity index (χ2v) is 8.56. The number of carbonyl (C=O) groups is 3. The minimum Gasteiger partial charge on any atom is -0.490 e. The van der Waals surface area contributed by atoms with Crippen LogP contribution in [0.3, 0.4) is 0 Å². The number of hydrogen-bond donors (Lipinski definition) is 2. The van der Waals surface area contributed by atoms with E-state index in [1.165, 1.54) is 23.1 Å². The van der Waals surface area contributed by atoms with E-state index < -0.39 is 17.8 Å². The van der Waals surface area contributed by atoms with Crippen LogP contribution in [0.4, 0.5) is 5.69 Å². The number of amides is 2. The number of aromatic carboxylic acids is 1. The van der Waals surface area contributed by atoms with E-state index in [0.29, 0.717) is 35.1 Å². The highest BCUT2D eigenvalue weighted by molar-refractivity contribution is 7.80. The van der Waals surface area contributed by atoms with Crippen LogP contribution in [0.25, 0.3) is 6.08 Å². The van der Waals surface area contributed by atoms with Crippen molar-refractivity contribution in [3.63, 3.8) is 0 Å². The van der Waals surface area contributed by atoms with Gasteiger partial charge in [-0.05, 0) is 86.1 Å². The number of carboxylic acids is 1. The molecule has 2 aromatic carbocycles. The normalized spacial score (nSPS) is 14.6. The van der Waals surface area contributed by atoms with Gasteiger partial charge in [0.15, 0.2) is 16.6 Å². The first-order chi connectivity index (χ1) is 17.7. The van der Waals surface area contributed by atoms with Gasteiger partial charge in [-0.15, -0.1) is 0 Å². The average Bonchev–Trinajstić information content (AvgIpc) is 3.33. The van der Waals surface area contributed by atoms with Gasteiger partial charge in [-0.25, -0.2) is 4.79 Å². The Balaban J connectivity index is 1.61. The summed E-state index contributed by atoms with van der Waals surface area (Å²) in [6, 6.07) is 13.3. The van der Waals surface area contributed by atoms with Gasteiger partial charge in [0.25, 0.3) is 11.8 Å². The molecule has 1 saturated heterocycles. The van der Waals surface area contributed by atoms with E-state index in [9.17, 15) is 14.4 Å². The Kier molecular flexibility index (Phi) is 7.40. The summed E-state index contributed by atoms with van der Waals surface area (Å²) in [4.78, 5) is 38.4. The number of anilines is 1. The van der Waals surface area contributed by atoms with Crippen LogP contribution in [0.2, 0.25) is 0 Å². The smallest absolute Gasteiger partial charge is 0.371 e. The second-order valence-electron chi connectivity index (χ2n) is 8.18. The van der Waals surface area contributed by atoms with Crippen LogP contribution in [0.5, 0.6) is 11.5 Å². The number of nitrogens with one attached hydrogen (secondary N) is 1. The molecule has 1 aliphatic heterocycles. The van der Waals surface area contributed by atoms with Crippen LogP contribution in [0.1, 0.15) is 39.9 Å². The highest BCUT2D eigenvalue weighted by Crippen LogP contribution is 2.32. The van der Waals surface area contributed by atoms with Crippen molar-refractivity contribution in [3.05, 3.63) is 82.3 Å². The monoisotopic (exact) mass is 520 g/mol. The first-order valence-electron chi connectivity index (χ1n) is 11.4. The van der Waals surface area contributed by atoms with Crippen molar-refractivity contribution in [2.45, 2.75) is 27.4 Å². The van der Waals surface area contributed by atoms with Crippen LogP contribution in [-0.4, -0.2) is 34.6 Å². The maximum atomic E-state index is 13.4. The molecule has 2 amide bonds. The molecule has 0 unspecified atom stereocenters. The minimum atomic E-state index is -1.17. The van der Waals surface area contributed by atoms with Gasteiger partial charge in [-0.2, -0.15) is 0 Å². The van der Waals surface area contributed by atoms with E-state index in [1.54, 1.807) is 24.3 Å². The van der Waals surface area contributed by atoms with Crippen LogP contribution in [-0.2, 0) is 16.2 Å². The SMILES string of the molecule is CCOc1cc(C=C2C(=O)NC(=S)N(c3cccc(C)c3C)C2=O)ccc1OCc1ccc(C(=O)O)o1. The number of thiocarbonyl (C=S) groups is 1. The number of furan rings is 1. The highest BCUT2D eigenvalue weighted by atomic mass is 32.1. The minimum absolute atomic E-state index is 0.0169. The number of hydrogen-bond acceptors (Lipinski definition) is 7. The van der Waals surface area contributed by atoms with Crippen molar-refractivity contribution in [1.29, 1.82) is 0 Å². The quantitative estimate of drug-likeness (QED) is 0.255. The molecule has 0 radical (unpaired) electrons. The summed E-state index contributed by atoms with van der Waals surface area (Å²) in [5, 5.41) is 11.6. The van der Waals surface area contributed by atoms with Crippen LogP contribution >= 0.6 is 12.2 Å². The van der Waals surface area contributed by atoms with Gasteiger partial charge < -0.3 is 19.0 Å². The molecular weight excluding hydrogens is 496 g/mol. The predicted octanol–water partition coefficient (Wildman–Crippen LogP) is 4.40. The van der Waals surface area contributed by atoms with Crippen LogP contribution in [0, 0.1) is 13.8 Å². The zero-order valence-electron chi connectivity index (χ0n) is 20.4. The summed E-state index contributed by atoms with van der Waals surface area (Å²) in [6.45, 7) is 5.95. The second kappa shape index (κ2) is 10.7. The predicted molar refractivity (Wildman–Crippen MR) is 140 cm³/mol. The van der Waals surface area contributed by atoms with E-state index in [4.69, 9.17) is 31.2 Å². The Morgan fingerprint density at radius 2 is 1.89 bits per heavy atom. The highest BCUT2D eigenvalue weighted by Gasteiger charge is 2.35. The summed E-state index contributed by atoms with van der Waals surface area (Å²) < 4.78 is 16.7. The molecule has 1 aromatic heterocycles. The van der Waals surface area contributed by atoms with Crippen molar-refractivity contribution in [2.75, 3.05) is 11.5 Å². The van der Waals surface area contributed by atoms with E-state index in [2.05, 4.69) is 5.32 Å². The summed E-state index contributed by atoms with van der Waals surface area (Å²) in [6.07, 6.45) is 1.47. The Hall–Kier alpha value is -4.44. The molecule has 0 atom stereocenters. The number of carboxylic acid groups (broad SMARTS) is 1. The average molecular weight is 521 g/mol. The fourth-order valence-electron chi connectivity index (χ4n) is 3.74. The molecule has 9 nitrogen and oxygen atoms in total. The Labute approximate surface area is 218 Å². The van der Waals surface area contributed by atoms with Crippen LogP contribution < -0.4 is 19.7 Å². The molecule has 190 valence electrons. The summed E-state index contributed by atoms with van der Waals surface area (Å²) in [7, 11) is 0. The molecule has 0 aliphatic carbocycles. The van der Waals surface area contributed by atoms with E-state index in [1.807, 2.05) is 32.9 Å². The number of benzene rings is 2. The van der Waals surface area contributed by atoms with E-state index >= 15 is 0 Å². The van der Waals surface area contributed by atoms with Gasteiger partial charge in [0, 0.05) is 0 Å². The first kappa shape index (κ1) is 25.6. The zero-order chi connectivity index (χ0) is 26.7. The Morgan fingerprint density at radius 3 is 2.59 bits per heavy atom. The van der Waals surface area contributed by atoms with Gasteiger partial charge in [-0.1, -0.05) is 18.2 Å². The molecule has 2 N–H and O–H groups in total. The summed E-state index contributed by atoms with van der Waals surface area (Å²) in [5.74, 6) is -1.39. The van der Waals surface area contributed by atoms with Crippen molar-refractivity contribution in [1.82, 2.24) is 5.32 Å². The molecule has 4 rings (SSSR count). The van der Waals surface area contributed by atoms with Gasteiger partial charge in [0.1, 0.15) is 17.9 Å². The number of rotatable bonds is 8. The maximum Gasteiger partial charge on any atom is 0.371 e. The lowest BCUT2D eigenvalue weighted by Gasteiger charge is -2.30. The first-order valence-corrected chi connectivity index (χ1v) is 11.8. The molecule has 0 bridgehead atoms. The van der Waals surface area contributed by atoms with E-state index in [-0.39, 0.29) is 23.1 Å². The lowest BCUT2D eigenvalue weighted by molar-refractivity contribution is -0.122. The third-order valence-corrected chi connectivity index (χ3v) is 6.02. The number of nitrogens with zero attached hydrogens (tertiary/aromatic N) is 1. The topological polar surface area (TPSA) is 118 Å². The Bertz CT molecular complexity index is 1440. The van der Waals surface area contributed by atoms with Crippen molar-refractivity contribution in [2.24, 2.45) is 0 Å². The van der Waals surface area contributed by atoms with Crippen molar-refractivity contribution >= 4 is 46.9 Å². The van der Waals surface area contributed by atoms with Crippen molar-refractivity contribution < 1.29 is 33.4 Å². The van der Waals surface area contributed by atoms with Crippen molar-refractivity contribution in [3.8, 4) is 11.5 Å². The summed E-state index contributed by atoms with van der Waals surface area (Å²) in [5.41, 5.74) is 2.92. The molecule has 1 fully saturated rings. The largest absolute Gasteiger partial charge is 0.490 e. The lowest BCUT2D eigenvalue weighted by atomic mass is 10.0. The van der Waals surface area contributed by atoms with Crippen LogP contribution in [0.15, 0.2) is 58.5 Å². The van der Waals surface area contributed by atoms with Gasteiger partial charge in [-0.3, -0.25) is 19.8 Å². The standard InChI is InChI=1S/C27H24N2O7S/c1-4-34-23-13-17(8-10-21(23)35-14-18-9-11-22(36-18)26(32)33)12-19-24(30)28-27(37)29(25(19)31)20-7-5-6-15(2)16(20)3/h5-13H,4,14H2,1-3H3,(H,32,33)(H,28,30,37). The van der Waals surface area contributed by atoms with E-state index in [0.717, 1.165) is 11.1 Å². The van der Waals surface area contributed by atoms with Gasteiger partial charge in [0.2, 0.25) is 5.76 Å². The molecule has 2 heterocycles. The third-order valence-electron chi connectivity index (χ3n) is 5.74. The zero-order valence-corrected chi connectivity index (χ0v) is 21.2. The molecule has 37 heavy (non-hydrogen) atoms. The fourth-order valence-corrected chi connectivity index (χ4v) is 4.02. The molecule has 3 aromatic rings. The molecule has 0 spiro atoms. The fraction of sp³-hybridized carbons (Fsp3) is 0.185. The van der Waals surface area contributed by atoms with Gasteiger partial charge in [0.05, 0.1) is 12.3 Å². The summed E-state index contributed by atoms with van der Waals surface area (Å²) >= 11 is 5.31. The molecule has 1 aliphatic rings. The number of carbonyl (C=O) groups excluding carboxylic acids is 2.